The maximum atomic E-state index is 13.1. The van der Waals surface area contributed by atoms with Crippen molar-refractivity contribution in [2.24, 2.45) is 0 Å². The lowest BCUT2D eigenvalue weighted by molar-refractivity contribution is 0.628. The Bertz CT molecular complexity index is 524. The van der Waals surface area contributed by atoms with Crippen LogP contribution in [0.15, 0.2) is 24.4 Å². The van der Waals surface area contributed by atoms with Crippen LogP contribution in [0.3, 0.4) is 0 Å². The van der Waals surface area contributed by atoms with Crippen molar-refractivity contribution in [3.05, 3.63) is 40.1 Å². The van der Waals surface area contributed by atoms with E-state index in [1.54, 1.807) is 17.4 Å². The molecule has 2 aromatic rings. The van der Waals surface area contributed by atoms with E-state index in [1.807, 2.05) is 20.0 Å². The lowest BCUT2D eigenvalue weighted by Gasteiger charge is -2.14. The number of nitrogen functional groups attached to an aromatic ring is 1. The molecular weight excluding hydrogens is 237 g/mol. The van der Waals surface area contributed by atoms with Gasteiger partial charge in [0.2, 0.25) is 0 Å². The minimum atomic E-state index is -0.302. The summed E-state index contributed by atoms with van der Waals surface area (Å²) >= 11 is 1.62. The van der Waals surface area contributed by atoms with E-state index in [1.165, 1.54) is 12.1 Å². The number of rotatable bonds is 3. The molecule has 0 aliphatic heterocycles. The van der Waals surface area contributed by atoms with Gasteiger partial charge < -0.3 is 11.1 Å². The van der Waals surface area contributed by atoms with E-state index in [0.717, 1.165) is 9.88 Å². The topological polar surface area (TPSA) is 50.9 Å². The smallest absolute Gasteiger partial charge is 0.125 e. The summed E-state index contributed by atoms with van der Waals surface area (Å²) in [6.45, 7) is 3.98. The van der Waals surface area contributed by atoms with Crippen LogP contribution in [0.4, 0.5) is 15.8 Å². The van der Waals surface area contributed by atoms with Crippen LogP contribution in [0.1, 0.15) is 22.9 Å². The Kier molecular flexibility index (Phi) is 3.28. The van der Waals surface area contributed by atoms with Crippen molar-refractivity contribution in [2.45, 2.75) is 19.9 Å². The third-order valence-corrected chi connectivity index (χ3v) is 3.49. The molecule has 90 valence electrons. The molecule has 0 amide bonds. The molecule has 2 rings (SSSR count). The molecule has 0 aliphatic carbocycles. The maximum absolute atomic E-state index is 13.1. The molecular formula is C12H14FN3S. The summed E-state index contributed by atoms with van der Waals surface area (Å²) in [6, 6.07) is 4.31. The number of nitrogens with zero attached hydrogens (tertiary/aromatic N) is 1. The zero-order valence-electron chi connectivity index (χ0n) is 9.70. The highest BCUT2D eigenvalue weighted by molar-refractivity contribution is 7.11. The SMILES string of the molecule is Cc1cnc(C(C)Nc2cc(F)ccc2N)s1. The second-order valence-electron chi connectivity index (χ2n) is 3.91. The molecule has 0 spiro atoms. The van der Waals surface area contributed by atoms with E-state index in [9.17, 15) is 4.39 Å². The first-order chi connectivity index (χ1) is 8.06. The zero-order chi connectivity index (χ0) is 12.4. The average Bonchev–Trinajstić information content (AvgIpc) is 2.70. The van der Waals surface area contributed by atoms with Gasteiger partial charge in [0.1, 0.15) is 10.8 Å². The van der Waals surface area contributed by atoms with Gasteiger partial charge in [0.15, 0.2) is 0 Å². The molecule has 17 heavy (non-hydrogen) atoms. The molecule has 0 radical (unpaired) electrons. The van der Waals surface area contributed by atoms with Gasteiger partial charge in [0.25, 0.3) is 0 Å². The summed E-state index contributed by atoms with van der Waals surface area (Å²) in [5.74, 6) is -0.302. The van der Waals surface area contributed by atoms with Crippen LogP contribution < -0.4 is 11.1 Å². The average molecular weight is 251 g/mol. The van der Waals surface area contributed by atoms with Crippen LogP contribution in [0.5, 0.6) is 0 Å². The molecule has 0 fully saturated rings. The number of anilines is 2. The fourth-order valence-corrected chi connectivity index (χ4v) is 2.30. The van der Waals surface area contributed by atoms with Crippen molar-refractivity contribution in [2.75, 3.05) is 11.1 Å². The van der Waals surface area contributed by atoms with Crippen molar-refractivity contribution >= 4 is 22.7 Å². The summed E-state index contributed by atoms with van der Waals surface area (Å²) in [5.41, 5.74) is 6.91. The molecule has 3 nitrogen and oxygen atoms in total. The van der Waals surface area contributed by atoms with Crippen LogP contribution in [0, 0.1) is 12.7 Å². The lowest BCUT2D eigenvalue weighted by Crippen LogP contribution is -2.08. The number of thiazole rings is 1. The molecule has 0 saturated heterocycles. The van der Waals surface area contributed by atoms with E-state index in [-0.39, 0.29) is 11.9 Å². The largest absolute Gasteiger partial charge is 0.397 e. The number of nitrogens with one attached hydrogen (secondary N) is 1. The van der Waals surface area contributed by atoms with E-state index in [2.05, 4.69) is 10.3 Å². The highest BCUT2D eigenvalue weighted by Gasteiger charge is 2.11. The fourth-order valence-electron chi connectivity index (χ4n) is 1.52. The standard InChI is InChI=1S/C12H14FN3S/c1-7-6-15-12(17-7)8(2)16-11-5-9(13)3-4-10(11)14/h3-6,8,16H,14H2,1-2H3. The number of nitrogens with two attached hydrogens (primary N) is 1. The van der Waals surface area contributed by atoms with E-state index < -0.39 is 0 Å². The van der Waals surface area contributed by atoms with E-state index in [0.29, 0.717) is 11.4 Å². The molecule has 0 aliphatic rings. The summed E-state index contributed by atoms with van der Waals surface area (Å²) in [6.07, 6.45) is 1.83. The number of aromatic nitrogens is 1. The van der Waals surface area contributed by atoms with E-state index in [4.69, 9.17) is 5.73 Å². The summed E-state index contributed by atoms with van der Waals surface area (Å²) in [7, 11) is 0. The Balaban J connectivity index is 2.18. The summed E-state index contributed by atoms with van der Waals surface area (Å²) in [5, 5.41) is 4.13. The van der Waals surface area contributed by atoms with Crippen LogP contribution in [0.2, 0.25) is 0 Å². The molecule has 1 aromatic carbocycles. The molecule has 3 N–H and O–H groups in total. The highest BCUT2D eigenvalue weighted by atomic mass is 32.1. The Labute approximate surface area is 103 Å². The van der Waals surface area contributed by atoms with Gasteiger partial charge in [-0.1, -0.05) is 0 Å². The molecule has 1 aromatic heterocycles. The molecule has 0 saturated carbocycles. The predicted octanol–water partition coefficient (Wildman–Crippen LogP) is 3.35. The molecule has 1 unspecified atom stereocenters. The van der Waals surface area contributed by atoms with Crippen molar-refractivity contribution in [3.63, 3.8) is 0 Å². The number of hydrogen-bond acceptors (Lipinski definition) is 4. The third kappa shape index (κ3) is 2.74. The summed E-state index contributed by atoms with van der Waals surface area (Å²) in [4.78, 5) is 5.44. The van der Waals surface area contributed by atoms with Crippen LogP contribution in [0.25, 0.3) is 0 Å². The van der Waals surface area contributed by atoms with Crippen LogP contribution >= 0.6 is 11.3 Å². The predicted molar refractivity (Wildman–Crippen MR) is 69.7 cm³/mol. The zero-order valence-corrected chi connectivity index (χ0v) is 10.5. The molecule has 0 bridgehead atoms. The molecule has 1 atom stereocenters. The number of hydrogen-bond donors (Lipinski definition) is 2. The normalized spacial score (nSPS) is 12.4. The lowest BCUT2D eigenvalue weighted by atomic mass is 10.2. The van der Waals surface area contributed by atoms with Crippen molar-refractivity contribution in [1.82, 2.24) is 4.98 Å². The number of halogens is 1. The van der Waals surface area contributed by atoms with E-state index >= 15 is 0 Å². The van der Waals surface area contributed by atoms with Crippen LogP contribution in [-0.2, 0) is 0 Å². The van der Waals surface area contributed by atoms with Gasteiger partial charge in [-0.05, 0) is 32.0 Å². The highest BCUT2D eigenvalue weighted by Crippen LogP contribution is 2.26. The Morgan fingerprint density at radius 1 is 1.47 bits per heavy atom. The maximum Gasteiger partial charge on any atom is 0.125 e. The minimum absolute atomic E-state index is 0.0119. The second-order valence-corrected chi connectivity index (χ2v) is 5.17. The Morgan fingerprint density at radius 3 is 2.88 bits per heavy atom. The van der Waals surface area contributed by atoms with Gasteiger partial charge in [-0.2, -0.15) is 0 Å². The quantitative estimate of drug-likeness (QED) is 0.822. The van der Waals surface area contributed by atoms with Crippen molar-refractivity contribution < 1.29 is 4.39 Å². The van der Waals surface area contributed by atoms with Gasteiger partial charge in [-0.25, -0.2) is 9.37 Å². The van der Waals surface area contributed by atoms with Crippen molar-refractivity contribution in [3.8, 4) is 0 Å². The van der Waals surface area contributed by atoms with Gasteiger partial charge in [-0.15, -0.1) is 11.3 Å². The summed E-state index contributed by atoms with van der Waals surface area (Å²) < 4.78 is 13.1. The first-order valence-corrected chi connectivity index (χ1v) is 6.12. The Hall–Kier alpha value is -1.62. The third-order valence-electron chi connectivity index (χ3n) is 2.40. The van der Waals surface area contributed by atoms with Gasteiger partial charge in [0, 0.05) is 11.1 Å². The first kappa shape index (κ1) is 11.9. The number of aryl methyl sites for hydroxylation is 1. The second kappa shape index (κ2) is 4.71. The van der Waals surface area contributed by atoms with Crippen LogP contribution in [-0.4, -0.2) is 4.98 Å². The number of benzene rings is 1. The molecule has 5 heteroatoms. The first-order valence-electron chi connectivity index (χ1n) is 5.30. The fraction of sp³-hybridized carbons (Fsp3) is 0.250. The van der Waals surface area contributed by atoms with Gasteiger partial charge in [0.05, 0.1) is 17.4 Å². The molecule has 1 heterocycles. The van der Waals surface area contributed by atoms with Gasteiger partial charge >= 0.3 is 0 Å². The Morgan fingerprint density at radius 2 is 2.24 bits per heavy atom. The van der Waals surface area contributed by atoms with Crippen molar-refractivity contribution in [1.29, 1.82) is 0 Å². The minimum Gasteiger partial charge on any atom is -0.397 e. The van der Waals surface area contributed by atoms with Gasteiger partial charge in [-0.3, -0.25) is 0 Å². The monoisotopic (exact) mass is 251 g/mol.